The summed E-state index contributed by atoms with van der Waals surface area (Å²) < 4.78 is 5.31. The molecule has 1 aliphatic heterocycles. The van der Waals surface area contributed by atoms with Crippen LogP contribution in [0.25, 0.3) is 10.9 Å². The summed E-state index contributed by atoms with van der Waals surface area (Å²) in [5.74, 6) is 0.666. The predicted octanol–water partition coefficient (Wildman–Crippen LogP) is 3.20. The Bertz CT molecular complexity index is 1060. The molecule has 1 aliphatic rings. The Morgan fingerprint density at radius 1 is 1.24 bits per heavy atom. The standard InChI is InChI=1S/C23H25N3O3/c1-3-22(27)26-20-7-5-4-6-15(20)12-21(26)23(28)24-11-10-16-14-25-19-9-8-17(29-2)13-18(16)19/h4-9,13-14,21,25H,3,10-12H2,1-2H3,(H,24,28)/t21-/m1/s1. The van der Waals surface area contributed by atoms with Crippen molar-refractivity contribution in [2.45, 2.75) is 32.2 Å². The Balaban J connectivity index is 1.44. The van der Waals surface area contributed by atoms with Crippen molar-refractivity contribution < 1.29 is 14.3 Å². The summed E-state index contributed by atoms with van der Waals surface area (Å²) in [6.45, 7) is 2.33. The van der Waals surface area contributed by atoms with Gasteiger partial charge in [0.25, 0.3) is 0 Å². The maximum Gasteiger partial charge on any atom is 0.243 e. The molecule has 0 bridgehead atoms. The van der Waals surface area contributed by atoms with E-state index in [9.17, 15) is 9.59 Å². The number of rotatable bonds is 6. The van der Waals surface area contributed by atoms with Crippen LogP contribution in [0.2, 0.25) is 0 Å². The molecule has 2 N–H and O–H groups in total. The third kappa shape index (κ3) is 3.58. The summed E-state index contributed by atoms with van der Waals surface area (Å²) in [5.41, 5.74) is 4.05. The lowest BCUT2D eigenvalue weighted by molar-refractivity contribution is -0.126. The molecular weight excluding hydrogens is 366 g/mol. The summed E-state index contributed by atoms with van der Waals surface area (Å²) in [4.78, 5) is 30.3. The van der Waals surface area contributed by atoms with Gasteiger partial charge in [-0.2, -0.15) is 0 Å². The van der Waals surface area contributed by atoms with Gasteiger partial charge in [0.15, 0.2) is 0 Å². The molecule has 4 rings (SSSR count). The average molecular weight is 391 g/mol. The highest BCUT2D eigenvalue weighted by Crippen LogP contribution is 2.32. The lowest BCUT2D eigenvalue weighted by Gasteiger charge is -2.24. The molecule has 0 fully saturated rings. The molecule has 0 aliphatic carbocycles. The van der Waals surface area contributed by atoms with E-state index in [2.05, 4.69) is 10.3 Å². The number of hydrogen-bond acceptors (Lipinski definition) is 3. The fraction of sp³-hybridized carbons (Fsp3) is 0.304. The number of carbonyl (C=O) groups is 2. The summed E-state index contributed by atoms with van der Waals surface area (Å²) in [7, 11) is 1.65. The van der Waals surface area contributed by atoms with Crippen molar-refractivity contribution in [2.75, 3.05) is 18.6 Å². The van der Waals surface area contributed by atoms with Crippen molar-refractivity contribution >= 4 is 28.4 Å². The van der Waals surface area contributed by atoms with Gasteiger partial charge in [0.2, 0.25) is 11.8 Å². The molecular formula is C23H25N3O3. The Kier molecular flexibility index (Phi) is 5.25. The van der Waals surface area contributed by atoms with Crippen LogP contribution in [-0.2, 0) is 22.4 Å². The molecule has 0 spiro atoms. The maximum atomic E-state index is 12.9. The number of carbonyl (C=O) groups excluding carboxylic acids is 2. The zero-order valence-electron chi connectivity index (χ0n) is 16.7. The van der Waals surface area contributed by atoms with Crippen molar-refractivity contribution in [1.82, 2.24) is 10.3 Å². The minimum absolute atomic E-state index is 0.0289. The smallest absolute Gasteiger partial charge is 0.243 e. The number of aromatic nitrogens is 1. The van der Waals surface area contributed by atoms with Gasteiger partial charge in [-0.05, 0) is 41.8 Å². The van der Waals surface area contributed by atoms with Gasteiger partial charge in [-0.1, -0.05) is 25.1 Å². The molecule has 2 aromatic carbocycles. The van der Waals surface area contributed by atoms with Gasteiger partial charge in [0.1, 0.15) is 11.8 Å². The number of aromatic amines is 1. The molecule has 150 valence electrons. The number of H-pyrrole nitrogens is 1. The second-order valence-corrected chi connectivity index (χ2v) is 7.23. The van der Waals surface area contributed by atoms with E-state index in [0.717, 1.165) is 33.5 Å². The molecule has 2 amide bonds. The fourth-order valence-corrected chi connectivity index (χ4v) is 4.00. The van der Waals surface area contributed by atoms with Crippen LogP contribution < -0.4 is 15.0 Å². The first kappa shape index (κ1) is 19.1. The largest absolute Gasteiger partial charge is 0.497 e. The van der Waals surface area contributed by atoms with E-state index in [1.807, 2.05) is 55.6 Å². The second-order valence-electron chi connectivity index (χ2n) is 7.23. The number of hydrogen-bond donors (Lipinski definition) is 2. The average Bonchev–Trinajstić information content (AvgIpc) is 3.34. The molecule has 0 radical (unpaired) electrons. The number of methoxy groups -OCH3 is 1. The summed E-state index contributed by atoms with van der Waals surface area (Å²) >= 11 is 0. The van der Waals surface area contributed by atoms with Crippen molar-refractivity contribution in [2.24, 2.45) is 0 Å². The molecule has 1 atom stereocenters. The summed E-state index contributed by atoms with van der Waals surface area (Å²) in [5, 5.41) is 4.11. The van der Waals surface area contributed by atoms with E-state index in [1.165, 1.54) is 0 Å². The van der Waals surface area contributed by atoms with Crippen LogP contribution in [-0.4, -0.2) is 36.5 Å². The van der Waals surface area contributed by atoms with Crippen LogP contribution >= 0.6 is 0 Å². The molecule has 0 saturated heterocycles. The van der Waals surface area contributed by atoms with Gasteiger partial charge in [0.05, 0.1) is 7.11 Å². The van der Waals surface area contributed by atoms with Crippen LogP contribution in [0.4, 0.5) is 5.69 Å². The summed E-state index contributed by atoms with van der Waals surface area (Å²) in [6, 6.07) is 13.2. The minimum Gasteiger partial charge on any atom is -0.497 e. The Hall–Kier alpha value is -3.28. The first-order valence-corrected chi connectivity index (χ1v) is 9.94. The fourth-order valence-electron chi connectivity index (χ4n) is 4.00. The van der Waals surface area contributed by atoms with Gasteiger partial charge in [-0.3, -0.25) is 14.5 Å². The van der Waals surface area contributed by atoms with Crippen LogP contribution in [0.3, 0.4) is 0 Å². The lowest BCUT2D eigenvalue weighted by atomic mass is 10.1. The number of amides is 2. The van der Waals surface area contributed by atoms with Crippen LogP contribution in [0.1, 0.15) is 24.5 Å². The third-order valence-corrected chi connectivity index (χ3v) is 5.52. The monoisotopic (exact) mass is 391 g/mol. The third-order valence-electron chi connectivity index (χ3n) is 5.52. The zero-order chi connectivity index (χ0) is 20.4. The Morgan fingerprint density at radius 2 is 2.07 bits per heavy atom. The number of anilines is 1. The van der Waals surface area contributed by atoms with Gasteiger partial charge in [-0.15, -0.1) is 0 Å². The van der Waals surface area contributed by atoms with Crippen molar-refractivity contribution in [3.63, 3.8) is 0 Å². The highest BCUT2D eigenvalue weighted by Gasteiger charge is 2.37. The first-order valence-electron chi connectivity index (χ1n) is 9.94. The van der Waals surface area contributed by atoms with Crippen molar-refractivity contribution in [3.05, 3.63) is 59.8 Å². The highest BCUT2D eigenvalue weighted by atomic mass is 16.5. The normalized spacial score (nSPS) is 15.4. The zero-order valence-corrected chi connectivity index (χ0v) is 16.7. The number of para-hydroxylation sites is 1. The highest BCUT2D eigenvalue weighted by molar-refractivity contribution is 6.03. The SMILES string of the molecule is CCC(=O)N1c2ccccc2C[C@@H]1C(=O)NCCc1c[nH]c2ccc(OC)cc12. The van der Waals surface area contributed by atoms with Crippen molar-refractivity contribution in [3.8, 4) is 5.75 Å². The molecule has 3 aromatic rings. The number of fused-ring (bicyclic) bond motifs is 2. The molecule has 2 heterocycles. The first-order chi connectivity index (χ1) is 14.1. The van der Waals surface area contributed by atoms with E-state index < -0.39 is 6.04 Å². The second kappa shape index (κ2) is 7.99. The molecule has 1 aromatic heterocycles. The molecule has 29 heavy (non-hydrogen) atoms. The minimum atomic E-state index is -0.483. The lowest BCUT2D eigenvalue weighted by Crippen LogP contribution is -2.48. The molecule has 0 unspecified atom stereocenters. The van der Waals surface area contributed by atoms with E-state index in [-0.39, 0.29) is 11.8 Å². The van der Waals surface area contributed by atoms with E-state index in [1.54, 1.807) is 12.0 Å². The molecule has 0 saturated carbocycles. The van der Waals surface area contributed by atoms with Gasteiger partial charge in [-0.25, -0.2) is 0 Å². The van der Waals surface area contributed by atoms with Crippen molar-refractivity contribution in [1.29, 1.82) is 0 Å². The Labute approximate surface area is 169 Å². The predicted molar refractivity (Wildman–Crippen MR) is 113 cm³/mol. The van der Waals surface area contributed by atoms with E-state index in [4.69, 9.17) is 4.74 Å². The maximum absolute atomic E-state index is 12.9. The molecule has 6 nitrogen and oxygen atoms in total. The van der Waals surface area contributed by atoms with Crippen LogP contribution in [0.15, 0.2) is 48.7 Å². The topological polar surface area (TPSA) is 74.4 Å². The van der Waals surface area contributed by atoms with Gasteiger partial charge >= 0.3 is 0 Å². The van der Waals surface area contributed by atoms with Crippen LogP contribution in [0, 0.1) is 0 Å². The number of nitrogens with zero attached hydrogens (tertiary/aromatic N) is 1. The van der Waals surface area contributed by atoms with Gasteiger partial charge in [0, 0.05) is 42.2 Å². The quantitative estimate of drug-likeness (QED) is 0.678. The number of benzene rings is 2. The van der Waals surface area contributed by atoms with Gasteiger partial charge < -0.3 is 15.0 Å². The van der Waals surface area contributed by atoms with E-state index >= 15 is 0 Å². The van der Waals surface area contributed by atoms with E-state index in [0.29, 0.717) is 25.8 Å². The number of ether oxygens (including phenoxy) is 1. The summed E-state index contributed by atoms with van der Waals surface area (Å²) in [6.07, 6.45) is 3.59. The van der Waals surface area contributed by atoms with Crippen LogP contribution in [0.5, 0.6) is 5.75 Å². The molecule has 6 heteroatoms. The Morgan fingerprint density at radius 3 is 2.86 bits per heavy atom. The number of nitrogens with one attached hydrogen (secondary N) is 2.